The molecule has 0 atom stereocenters. The van der Waals surface area contributed by atoms with E-state index >= 15 is 0 Å². The van der Waals surface area contributed by atoms with Crippen LogP contribution < -0.4 is 11.1 Å². The molecule has 0 fully saturated rings. The van der Waals surface area contributed by atoms with Crippen LogP contribution in [0.25, 0.3) is 0 Å². The number of carbonyl (C=O) groups is 1. The van der Waals surface area contributed by atoms with Crippen molar-refractivity contribution in [3.05, 3.63) is 63.0 Å². The number of thioether (sulfide) groups is 1. The average Bonchev–Trinajstić information content (AvgIpc) is 3.02. The molecule has 3 rings (SSSR count). The number of hydrogen-bond donors (Lipinski definition) is 3. The van der Waals surface area contributed by atoms with Crippen molar-refractivity contribution in [2.45, 2.75) is 11.3 Å². The first-order chi connectivity index (χ1) is 13.5. The van der Waals surface area contributed by atoms with Gasteiger partial charge in [0.25, 0.3) is 0 Å². The fraction of sp³-hybridized carbons (Fsp3) is 0.158. The number of aromatic nitrogens is 1. The maximum atomic E-state index is 12.8. The van der Waals surface area contributed by atoms with Crippen LogP contribution in [0, 0.1) is 0 Å². The summed E-state index contributed by atoms with van der Waals surface area (Å²) in [6.07, 6.45) is 0.738. The number of anilines is 3. The van der Waals surface area contributed by atoms with Gasteiger partial charge >= 0.3 is 0 Å². The summed E-state index contributed by atoms with van der Waals surface area (Å²) in [5.41, 5.74) is 7.02. The van der Waals surface area contributed by atoms with Crippen LogP contribution in [0.15, 0.2) is 47.4 Å². The van der Waals surface area contributed by atoms with Crippen molar-refractivity contribution in [1.82, 2.24) is 4.98 Å². The van der Waals surface area contributed by atoms with Crippen LogP contribution in [0.3, 0.4) is 0 Å². The monoisotopic (exact) mass is 453 g/mol. The van der Waals surface area contributed by atoms with Gasteiger partial charge in [-0.15, -0.1) is 11.8 Å². The third-order valence-electron chi connectivity index (χ3n) is 3.71. The number of benzene rings is 2. The molecule has 0 amide bonds. The number of carbonyl (C=O) groups excluding carboxylic acids is 1. The van der Waals surface area contributed by atoms with Crippen molar-refractivity contribution in [2.75, 3.05) is 23.4 Å². The van der Waals surface area contributed by atoms with E-state index in [1.54, 1.807) is 30.0 Å². The van der Waals surface area contributed by atoms with E-state index in [9.17, 15) is 4.79 Å². The second-order valence-electron chi connectivity index (χ2n) is 5.74. The molecule has 3 aromatic rings. The number of nitrogens with one attached hydrogen (secondary N) is 1. The van der Waals surface area contributed by atoms with Gasteiger partial charge in [0.1, 0.15) is 10.7 Å². The number of hydrogen-bond acceptors (Lipinski definition) is 7. The third-order valence-corrected chi connectivity index (χ3v) is 6.40. The molecule has 2 aromatic carbocycles. The van der Waals surface area contributed by atoms with E-state index in [4.69, 9.17) is 34.0 Å². The number of nitrogens with zero attached hydrogens (tertiary/aromatic N) is 1. The number of halogens is 2. The van der Waals surface area contributed by atoms with Crippen LogP contribution >= 0.6 is 46.3 Å². The van der Waals surface area contributed by atoms with Crippen LogP contribution in [0.5, 0.6) is 0 Å². The number of ketones is 1. The van der Waals surface area contributed by atoms with Gasteiger partial charge in [0, 0.05) is 22.9 Å². The third kappa shape index (κ3) is 4.98. The molecular weight excluding hydrogens is 437 g/mol. The molecule has 9 heteroatoms. The molecule has 0 aliphatic rings. The second kappa shape index (κ2) is 9.62. The summed E-state index contributed by atoms with van der Waals surface area (Å²) in [5.74, 6) is 0.607. The molecule has 0 unspecified atom stereocenters. The standard InChI is InChI=1S/C19H17Cl2N3O2S2/c20-13-6-2-7-14(21)15(13)16(26)17-18(22)24-19(28-17)23-11-4-1-5-12(10-11)27-9-3-8-25/h1-2,4-7,10,25H,3,8-9,22H2,(H,23,24). The maximum absolute atomic E-state index is 12.8. The minimum Gasteiger partial charge on any atom is -0.396 e. The number of thiazole rings is 1. The minimum absolute atomic E-state index is 0.127. The Morgan fingerprint density at radius 1 is 1.21 bits per heavy atom. The van der Waals surface area contributed by atoms with Gasteiger partial charge in [-0.3, -0.25) is 4.79 Å². The summed E-state index contributed by atoms with van der Waals surface area (Å²) in [4.78, 5) is 18.5. The number of nitrogens with two attached hydrogens (primary N) is 1. The van der Waals surface area contributed by atoms with Crippen LogP contribution in [0.1, 0.15) is 21.7 Å². The van der Waals surface area contributed by atoms with Crippen molar-refractivity contribution >= 4 is 68.7 Å². The average molecular weight is 454 g/mol. The molecule has 0 aliphatic carbocycles. The van der Waals surface area contributed by atoms with Crippen molar-refractivity contribution in [1.29, 1.82) is 0 Å². The quantitative estimate of drug-likeness (QED) is 0.237. The minimum atomic E-state index is -0.355. The van der Waals surface area contributed by atoms with Gasteiger partial charge in [0.05, 0.1) is 15.6 Å². The Bertz CT molecular complexity index is 975. The zero-order valence-electron chi connectivity index (χ0n) is 14.6. The highest BCUT2D eigenvalue weighted by atomic mass is 35.5. The molecule has 0 saturated heterocycles. The first kappa shape index (κ1) is 21.0. The second-order valence-corrected chi connectivity index (χ2v) is 8.72. The van der Waals surface area contributed by atoms with E-state index in [0.717, 1.165) is 34.1 Å². The van der Waals surface area contributed by atoms with Crippen molar-refractivity contribution < 1.29 is 9.90 Å². The largest absolute Gasteiger partial charge is 0.396 e. The number of aliphatic hydroxyl groups is 1. The Morgan fingerprint density at radius 2 is 1.93 bits per heavy atom. The van der Waals surface area contributed by atoms with E-state index in [0.29, 0.717) is 5.13 Å². The van der Waals surface area contributed by atoms with Gasteiger partial charge in [-0.25, -0.2) is 4.98 Å². The molecule has 0 bridgehead atoms. The molecule has 0 radical (unpaired) electrons. The van der Waals surface area contributed by atoms with Crippen LogP contribution in [0.4, 0.5) is 16.6 Å². The van der Waals surface area contributed by atoms with Gasteiger partial charge in [0.15, 0.2) is 5.13 Å². The van der Waals surface area contributed by atoms with Gasteiger partial charge in [-0.05, 0) is 36.8 Å². The zero-order chi connectivity index (χ0) is 20.1. The van der Waals surface area contributed by atoms with E-state index in [2.05, 4.69) is 10.3 Å². The van der Waals surface area contributed by atoms with Crippen molar-refractivity contribution in [3.8, 4) is 0 Å². The van der Waals surface area contributed by atoms with Crippen LogP contribution in [0.2, 0.25) is 10.0 Å². The summed E-state index contributed by atoms with van der Waals surface area (Å²) in [6, 6.07) is 12.7. The first-order valence-corrected chi connectivity index (χ1v) is 10.9. The predicted octanol–water partition coefficient (Wildman–Crippen LogP) is 5.48. The molecule has 1 aromatic heterocycles. The Kier molecular flexibility index (Phi) is 7.20. The summed E-state index contributed by atoms with van der Waals surface area (Å²) < 4.78 is 0. The van der Waals surface area contributed by atoms with Gasteiger partial charge in [-0.2, -0.15) is 0 Å². The molecule has 1 heterocycles. The van der Waals surface area contributed by atoms with Crippen molar-refractivity contribution in [3.63, 3.8) is 0 Å². The highest BCUT2D eigenvalue weighted by Crippen LogP contribution is 2.34. The molecule has 0 spiro atoms. The number of rotatable bonds is 8. The predicted molar refractivity (Wildman–Crippen MR) is 119 cm³/mol. The Hall–Kier alpha value is -1.77. The SMILES string of the molecule is Nc1nc(Nc2cccc(SCCCO)c2)sc1C(=O)c1c(Cl)cccc1Cl. The summed E-state index contributed by atoms with van der Waals surface area (Å²) in [6.45, 7) is 0.176. The van der Waals surface area contributed by atoms with Crippen LogP contribution in [-0.2, 0) is 0 Å². The fourth-order valence-corrected chi connectivity index (χ4v) is 4.73. The molecule has 0 aliphatic heterocycles. The summed E-state index contributed by atoms with van der Waals surface area (Å²) in [7, 11) is 0. The van der Waals surface area contributed by atoms with E-state index in [-0.39, 0.29) is 38.7 Å². The van der Waals surface area contributed by atoms with Gasteiger partial charge < -0.3 is 16.2 Å². The molecule has 0 saturated carbocycles. The fourth-order valence-electron chi connectivity index (χ4n) is 2.42. The smallest absolute Gasteiger partial charge is 0.209 e. The normalized spacial score (nSPS) is 10.8. The number of aliphatic hydroxyl groups excluding tert-OH is 1. The van der Waals surface area contributed by atoms with E-state index < -0.39 is 0 Å². The van der Waals surface area contributed by atoms with Gasteiger partial charge in [-0.1, -0.05) is 46.7 Å². The zero-order valence-corrected chi connectivity index (χ0v) is 17.8. The lowest BCUT2D eigenvalue weighted by Crippen LogP contribution is -2.04. The molecule has 4 N–H and O–H groups in total. The summed E-state index contributed by atoms with van der Waals surface area (Å²) in [5, 5.41) is 13.1. The molecule has 5 nitrogen and oxygen atoms in total. The Morgan fingerprint density at radius 3 is 2.64 bits per heavy atom. The maximum Gasteiger partial charge on any atom is 0.209 e. The Labute approximate surface area is 180 Å². The van der Waals surface area contributed by atoms with Crippen LogP contribution in [-0.4, -0.2) is 28.2 Å². The number of nitrogen functional groups attached to an aromatic ring is 1. The first-order valence-electron chi connectivity index (χ1n) is 8.35. The van der Waals surface area contributed by atoms with E-state index in [1.807, 2.05) is 24.3 Å². The summed E-state index contributed by atoms with van der Waals surface area (Å²) >= 11 is 15.1. The molecular formula is C19H17Cl2N3O2S2. The topological polar surface area (TPSA) is 88.2 Å². The van der Waals surface area contributed by atoms with Crippen molar-refractivity contribution in [2.24, 2.45) is 0 Å². The highest BCUT2D eigenvalue weighted by molar-refractivity contribution is 7.99. The molecule has 28 heavy (non-hydrogen) atoms. The lowest BCUT2D eigenvalue weighted by atomic mass is 10.1. The Balaban J connectivity index is 1.79. The lowest BCUT2D eigenvalue weighted by molar-refractivity contribution is 0.104. The molecule has 146 valence electrons. The van der Waals surface area contributed by atoms with Gasteiger partial charge in [0.2, 0.25) is 5.78 Å². The lowest BCUT2D eigenvalue weighted by Gasteiger charge is -2.05. The highest BCUT2D eigenvalue weighted by Gasteiger charge is 2.22. The van der Waals surface area contributed by atoms with E-state index in [1.165, 1.54) is 0 Å².